The fourth-order valence-electron chi connectivity index (χ4n) is 2.08. The minimum Gasteiger partial charge on any atom is -0.481 e. The van der Waals surface area contributed by atoms with Crippen LogP contribution >= 0.6 is 11.8 Å². The number of hydrogen-bond donors (Lipinski definition) is 1. The summed E-state index contributed by atoms with van der Waals surface area (Å²) in [4.78, 5) is 19.3. The second-order valence-corrected chi connectivity index (χ2v) is 5.27. The van der Waals surface area contributed by atoms with Crippen LogP contribution < -0.4 is 0 Å². The number of rotatable bonds is 7. The Morgan fingerprint density at radius 1 is 1.60 bits per heavy atom. The lowest BCUT2D eigenvalue weighted by molar-refractivity contribution is -0.133. The van der Waals surface area contributed by atoms with Crippen molar-refractivity contribution >= 4 is 28.8 Å². The van der Waals surface area contributed by atoms with Crippen LogP contribution in [0.2, 0.25) is 0 Å². The highest BCUT2D eigenvalue weighted by atomic mass is 32.2. The summed E-state index contributed by atoms with van der Waals surface area (Å²) in [5.74, 6) is -0.869. The molecule has 0 saturated carbocycles. The van der Waals surface area contributed by atoms with Crippen molar-refractivity contribution in [3.8, 4) is 0 Å². The maximum absolute atomic E-state index is 10.8. The number of fused-ring (bicyclic) bond motifs is 1. The first-order chi connectivity index (χ1) is 9.67. The highest BCUT2D eigenvalue weighted by Crippen LogP contribution is 2.28. The minimum absolute atomic E-state index is 0.0137. The van der Waals surface area contributed by atoms with Crippen LogP contribution in [0, 0.1) is 0 Å². The third-order valence-electron chi connectivity index (χ3n) is 2.98. The molecular formula is C13H17N3O3S. The molecule has 0 amide bonds. The second kappa shape index (κ2) is 6.71. The molecule has 0 saturated heterocycles. The van der Waals surface area contributed by atoms with E-state index in [2.05, 4.69) is 16.9 Å². The number of nitrogens with zero attached hydrogens (tertiary/aromatic N) is 3. The number of imidazole rings is 1. The summed E-state index contributed by atoms with van der Waals surface area (Å²) in [6, 6.07) is 2.02. The van der Waals surface area contributed by atoms with E-state index in [4.69, 9.17) is 9.84 Å². The zero-order valence-corrected chi connectivity index (χ0v) is 12.3. The van der Waals surface area contributed by atoms with Crippen LogP contribution in [0.4, 0.5) is 0 Å². The van der Waals surface area contributed by atoms with Crippen LogP contribution in [0.3, 0.4) is 0 Å². The van der Waals surface area contributed by atoms with E-state index < -0.39 is 5.97 Å². The van der Waals surface area contributed by atoms with Gasteiger partial charge in [0.05, 0.1) is 30.1 Å². The molecule has 2 rings (SSSR count). The maximum atomic E-state index is 10.8. The van der Waals surface area contributed by atoms with Crippen LogP contribution in [0.25, 0.3) is 11.0 Å². The van der Waals surface area contributed by atoms with Crippen molar-refractivity contribution in [2.45, 2.75) is 24.5 Å². The van der Waals surface area contributed by atoms with E-state index in [1.54, 1.807) is 19.5 Å². The first kappa shape index (κ1) is 14.8. The second-order valence-electron chi connectivity index (χ2n) is 4.33. The maximum Gasteiger partial charge on any atom is 0.313 e. The summed E-state index contributed by atoms with van der Waals surface area (Å²) < 4.78 is 7.31. The first-order valence-corrected chi connectivity index (χ1v) is 7.31. The van der Waals surface area contributed by atoms with Crippen molar-refractivity contribution < 1.29 is 14.6 Å². The van der Waals surface area contributed by atoms with Crippen molar-refractivity contribution in [1.29, 1.82) is 0 Å². The Morgan fingerprint density at radius 3 is 3.05 bits per heavy atom. The molecular weight excluding hydrogens is 278 g/mol. The average Bonchev–Trinajstić information content (AvgIpc) is 2.81. The van der Waals surface area contributed by atoms with Crippen molar-refractivity contribution in [3.63, 3.8) is 0 Å². The zero-order valence-electron chi connectivity index (χ0n) is 11.4. The molecule has 2 aromatic heterocycles. The quantitative estimate of drug-likeness (QED) is 0.789. The van der Waals surface area contributed by atoms with E-state index in [0.717, 1.165) is 17.5 Å². The van der Waals surface area contributed by atoms with Gasteiger partial charge >= 0.3 is 5.97 Å². The number of ether oxygens (including phenoxy) is 1. The zero-order chi connectivity index (χ0) is 14.5. The molecule has 0 spiro atoms. The lowest BCUT2D eigenvalue weighted by atomic mass is 10.2. The van der Waals surface area contributed by atoms with Gasteiger partial charge in [-0.15, -0.1) is 0 Å². The summed E-state index contributed by atoms with van der Waals surface area (Å²) in [7, 11) is 1.66. The molecule has 6 nitrogen and oxygen atoms in total. The van der Waals surface area contributed by atoms with Gasteiger partial charge in [-0.2, -0.15) is 0 Å². The third kappa shape index (κ3) is 3.10. The molecule has 7 heteroatoms. The molecule has 20 heavy (non-hydrogen) atoms. The van der Waals surface area contributed by atoms with Gasteiger partial charge in [0, 0.05) is 13.3 Å². The lowest BCUT2D eigenvalue weighted by Crippen LogP contribution is -2.15. The summed E-state index contributed by atoms with van der Waals surface area (Å²) >= 11 is 1.22. The molecule has 0 aliphatic heterocycles. The minimum atomic E-state index is -0.855. The number of aliphatic carboxylic acids is 1. The first-order valence-electron chi connectivity index (χ1n) is 6.32. The van der Waals surface area contributed by atoms with E-state index in [1.165, 1.54) is 11.8 Å². The summed E-state index contributed by atoms with van der Waals surface area (Å²) in [6.07, 6.45) is 4.28. The van der Waals surface area contributed by atoms with E-state index in [9.17, 15) is 4.79 Å². The highest BCUT2D eigenvalue weighted by molar-refractivity contribution is 7.99. The Kier molecular flexibility index (Phi) is 4.97. The molecule has 0 aromatic carbocycles. The Balaban J connectivity index is 2.45. The smallest absolute Gasteiger partial charge is 0.313 e. The number of methoxy groups -OCH3 is 1. The molecule has 0 fully saturated rings. The topological polar surface area (TPSA) is 77.2 Å². The molecule has 1 N–H and O–H groups in total. The normalized spacial score (nSPS) is 12.7. The number of pyridine rings is 1. The van der Waals surface area contributed by atoms with Crippen LogP contribution in [-0.2, 0) is 9.53 Å². The van der Waals surface area contributed by atoms with Gasteiger partial charge in [-0.05, 0) is 12.5 Å². The Labute approximate surface area is 121 Å². The Bertz CT molecular complexity index is 600. The monoisotopic (exact) mass is 295 g/mol. The summed E-state index contributed by atoms with van der Waals surface area (Å²) in [5.41, 5.74) is 1.73. The number of carboxylic acid groups (broad SMARTS) is 1. The van der Waals surface area contributed by atoms with Crippen molar-refractivity contribution in [2.75, 3.05) is 19.5 Å². The number of carbonyl (C=O) groups is 1. The molecule has 2 heterocycles. The van der Waals surface area contributed by atoms with Crippen LogP contribution in [0.5, 0.6) is 0 Å². The number of hydrogen-bond acceptors (Lipinski definition) is 5. The Morgan fingerprint density at radius 2 is 2.40 bits per heavy atom. The van der Waals surface area contributed by atoms with Gasteiger partial charge in [0.2, 0.25) is 0 Å². The van der Waals surface area contributed by atoms with Crippen molar-refractivity contribution in [3.05, 3.63) is 18.5 Å². The van der Waals surface area contributed by atoms with Crippen molar-refractivity contribution in [2.24, 2.45) is 0 Å². The molecule has 2 aromatic rings. The van der Waals surface area contributed by atoms with Gasteiger partial charge < -0.3 is 14.4 Å². The van der Waals surface area contributed by atoms with Gasteiger partial charge in [0.1, 0.15) is 5.52 Å². The van der Waals surface area contributed by atoms with Crippen LogP contribution in [0.15, 0.2) is 23.6 Å². The number of thioether (sulfide) groups is 1. The molecule has 0 radical (unpaired) electrons. The summed E-state index contributed by atoms with van der Waals surface area (Å²) in [6.45, 7) is 2.63. The molecule has 1 atom stereocenters. The molecule has 0 bridgehead atoms. The van der Waals surface area contributed by atoms with Gasteiger partial charge in [-0.1, -0.05) is 18.7 Å². The van der Waals surface area contributed by atoms with Crippen LogP contribution in [-0.4, -0.2) is 45.1 Å². The number of aromatic nitrogens is 3. The molecule has 1 unspecified atom stereocenters. The average molecular weight is 295 g/mol. The molecule has 0 aliphatic carbocycles. The predicted octanol–water partition coefficient (Wildman–Crippen LogP) is 2.21. The van der Waals surface area contributed by atoms with E-state index in [1.807, 2.05) is 10.6 Å². The fraction of sp³-hybridized carbons (Fsp3) is 0.462. The van der Waals surface area contributed by atoms with Gasteiger partial charge in [-0.3, -0.25) is 9.78 Å². The fourth-order valence-corrected chi connectivity index (χ4v) is 2.88. The lowest BCUT2D eigenvalue weighted by Gasteiger charge is -2.19. The van der Waals surface area contributed by atoms with E-state index >= 15 is 0 Å². The van der Waals surface area contributed by atoms with Crippen LogP contribution in [0.1, 0.15) is 19.4 Å². The van der Waals surface area contributed by atoms with E-state index in [0.29, 0.717) is 11.8 Å². The predicted molar refractivity (Wildman–Crippen MR) is 77.1 cm³/mol. The van der Waals surface area contributed by atoms with Crippen molar-refractivity contribution in [1.82, 2.24) is 14.5 Å². The largest absolute Gasteiger partial charge is 0.481 e. The molecule has 0 aliphatic rings. The van der Waals surface area contributed by atoms with Gasteiger partial charge in [-0.25, -0.2) is 4.98 Å². The Hall–Kier alpha value is -1.60. The molecule has 108 valence electrons. The summed E-state index contributed by atoms with van der Waals surface area (Å²) in [5, 5.41) is 9.54. The number of carboxylic acids is 1. The van der Waals surface area contributed by atoms with Gasteiger partial charge in [0.15, 0.2) is 5.16 Å². The van der Waals surface area contributed by atoms with E-state index in [-0.39, 0.29) is 11.8 Å². The highest BCUT2D eigenvalue weighted by Gasteiger charge is 2.19. The third-order valence-corrected chi connectivity index (χ3v) is 3.92. The standard InChI is InChI=1S/C13H17N3O3S/c1-3-9(7-19-2)16-11-4-5-14-6-10(11)15-13(16)20-8-12(17)18/h4-6,9H,3,7-8H2,1-2H3,(H,17,18). The SMILES string of the molecule is CCC(COC)n1c(SCC(=O)O)nc2cnccc21. The van der Waals surface area contributed by atoms with Gasteiger partial charge in [0.25, 0.3) is 0 Å².